The minimum absolute atomic E-state index is 0.0444. The SMILES string of the molecule is O=C([C@H]1CCNC[C@H]1C1CC1)N1Cc2nnc(C(F)(F)F)n2C(OC(=O)C(F)(F)F)C1. The van der Waals surface area contributed by atoms with Crippen LogP contribution in [0.2, 0.25) is 0 Å². The van der Waals surface area contributed by atoms with Gasteiger partial charge in [-0.2, -0.15) is 26.3 Å². The number of fused-ring (bicyclic) bond motifs is 1. The van der Waals surface area contributed by atoms with Crippen molar-refractivity contribution in [2.24, 2.45) is 17.8 Å². The van der Waals surface area contributed by atoms with Gasteiger partial charge < -0.3 is 15.0 Å². The number of alkyl halides is 6. The number of ether oxygens (including phenoxy) is 1. The minimum atomic E-state index is -5.41. The molecule has 3 atom stereocenters. The minimum Gasteiger partial charge on any atom is -0.432 e. The average Bonchev–Trinajstić information content (AvgIpc) is 3.43. The summed E-state index contributed by atoms with van der Waals surface area (Å²) in [5, 5.41) is 9.63. The second kappa shape index (κ2) is 7.64. The normalized spacial score (nSPS) is 27.0. The summed E-state index contributed by atoms with van der Waals surface area (Å²) in [6.07, 6.45) is -10.0. The fourth-order valence-corrected chi connectivity index (χ4v) is 4.32. The third-order valence-corrected chi connectivity index (χ3v) is 5.88. The van der Waals surface area contributed by atoms with E-state index in [2.05, 4.69) is 20.3 Å². The molecule has 3 aliphatic rings. The molecule has 0 radical (unpaired) electrons. The molecule has 1 saturated heterocycles. The molecular weight excluding hydrogens is 436 g/mol. The van der Waals surface area contributed by atoms with Crippen LogP contribution in [0.15, 0.2) is 0 Å². The number of amides is 1. The highest BCUT2D eigenvalue weighted by Gasteiger charge is 2.49. The lowest BCUT2D eigenvalue weighted by atomic mass is 9.82. The van der Waals surface area contributed by atoms with Gasteiger partial charge in [0.1, 0.15) is 0 Å². The van der Waals surface area contributed by atoms with Crippen molar-refractivity contribution in [2.75, 3.05) is 19.6 Å². The molecule has 31 heavy (non-hydrogen) atoms. The summed E-state index contributed by atoms with van der Waals surface area (Å²) in [4.78, 5) is 25.7. The van der Waals surface area contributed by atoms with Gasteiger partial charge in [0.25, 0.3) is 0 Å². The number of nitrogens with one attached hydrogen (secondary N) is 1. The van der Waals surface area contributed by atoms with Gasteiger partial charge in [0, 0.05) is 5.92 Å². The Kier molecular flexibility index (Phi) is 5.38. The van der Waals surface area contributed by atoms with Crippen LogP contribution in [0.3, 0.4) is 0 Å². The number of rotatable bonds is 3. The third kappa shape index (κ3) is 4.34. The summed E-state index contributed by atoms with van der Waals surface area (Å²) in [6, 6.07) is 0. The predicted molar refractivity (Wildman–Crippen MR) is 88.8 cm³/mol. The van der Waals surface area contributed by atoms with Crippen LogP contribution >= 0.6 is 0 Å². The fraction of sp³-hybridized carbons (Fsp3) is 0.765. The van der Waals surface area contributed by atoms with E-state index in [4.69, 9.17) is 0 Å². The molecule has 3 heterocycles. The topological polar surface area (TPSA) is 89.3 Å². The van der Waals surface area contributed by atoms with Gasteiger partial charge in [0.2, 0.25) is 11.7 Å². The second-order valence-corrected chi connectivity index (χ2v) is 7.98. The molecule has 0 spiro atoms. The molecule has 0 bridgehead atoms. The molecule has 1 N–H and O–H groups in total. The quantitative estimate of drug-likeness (QED) is 0.553. The van der Waals surface area contributed by atoms with E-state index in [-0.39, 0.29) is 12.5 Å². The number of aromatic nitrogens is 3. The van der Waals surface area contributed by atoms with Crippen molar-refractivity contribution in [3.05, 3.63) is 11.6 Å². The molecule has 1 aromatic rings. The number of carbonyl (C=O) groups excluding carboxylic acids is 2. The maximum Gasteiger partial charge on any atom is 0.491 e. The van der Waals surface area contributed by atoms with E-state index in [0.717, 1.165) is 17.7 Å². The molecule has 0 aromatic carbocycles. The molecule has 1 amide bonds. The van der Waals surface area contributed by atoms with Crippen LogP contribution in [0.5, 0.6) is 0 Å². The molecule has 172 valence electrons. The highest BCUT2D eigenvalue weighted by Crippen LogP contribution is 2.43. The van der Waals surface area contributed by atoms with E-state index >= 15 is 0 Å². The molecule has 1 aliphatic carbocycles. The zero-order valence-corrected chi connectivity index (χ0v) is 16.0. The van der Waals surface area contributed by atoms with Gasteiger partial charge in [-0.25, -0.2) is 4.79 Å². The Hall–Kier alpha value is -2.38. The monoisotopic (exact) mass is 455 g/mol. The first-order valence-corrected chi connectivity index (χ1v) is 9.75. The van der Waals surface area contributed by atoms with Gasteiger partial charge >= 0.3 is 18.3 Å². The zero-order valence-electron chi connectivity index (χ0n) is 16.0. The summed E-state index contributed by atoms with van der Waals surface area (Å²) < 4.78 is 82.6. The third-order valence-electron chi connectivity index (χ3n) is 5.88. The molecular formula is C17H19F6N5O3. The van der Waals surface area contributed by atoms with E-state index in [1.165, 1.54) is 0 Å². The Morgan fingerprint density at radius 2 is 1.77 bits per heavy atom. The summed E-state index contributed by atoms with van der Waals surface area (Å²) in [5.41, 5.74) is 0. The van der Waals surface area contributed by atoms with Gasteiger partial charge in [0.15, 0.2) is 12.1 Å². The van der Waals surface area contributed by atoms with E-state index in [0.29, 0.717) is 30.0 Å². The van der Waals surface area contributed by atoms with Gasteiger partial charge in [-0.05, 0) is 44.2 Å². The smallest absolute Gasteiger partial charge is 0.432 e. The van der Waals surface area contributed by atoms with Gasteiger partial charge in [-0.3, -0.25) is 9.36 Å². The molecule has 1 unspecified atom stereocenters. The van der Waals surface area contributed by atoms with Gasteiger partial charge in [0.05, 0.1) is 13.1 Å². The first-order chi connectivity index (χ1) is 14.5. The maximum atomic E-state index is 13.3. The van der Waals surface area contributed by atoms with Crippen molar-refractivity contribution >= 4 is 11.9 Å². The van der Waals surface area contributed by atoms with Crippen molar-refractivity contribution in [3.8, 4) is 0 Å². The van der Waals surface area contributed by atoms with Crippen molar-refractivity contribution in [2.45, 2.75) is 44.4 Å². The molecule has 8 nitrogen and oxygen atoms in total. The van der Waals surface area contributed by atoms with Gasteiger partial charge in [-0.15, -0.1) is 10.2 Å². The zero-order chi connectivity index (χ0) is 22.6. The van der Waals surface area contributed by atoms with E-state index in [1.54, 1.807) is 0 Å². The standard InChI is InChI=1S/C17H19F6N5O3/c18-16(19,20)14-26-25-11-6-27(7-12(28(11)14)31-15(30)17(21,22)23)13(29)9-3-4-24-5-10(9)8-1-2-8/h8-10,12,24H,1-7H2/t9-,10-,12?/m0/s1. The van der Waals surface area contributed by atoms with Crippen molar-refractivity contribution in [1.29, 1.82) is 0 Å². The highest BCUT2D eigenvalue weighted by molar-refractivity contribution is 5.80. The number of halogens is 6. The number of piperidine rings is 1. The molecule has 1 saturated carbocycles. The van der Waals surface area contributed by atoms with E-state index < -0.39 is 54.6 Å². The predicted octanol–water partition coefficient (Wildman–Crippen LogP) is 1.88. The number of nitrogens with zero attached hydrogens (tertiary/aromatic N) is 4. The lowest BCUT2D eigenvalue weighted by Crippen LogP contribution is -2.50. The lowest BCUT2D eigenvalue weighted by Gasteiger charge is -2.39. The summed E-state index contributed by atoms with van der Waals surface area (Å²) in [7, 11) is 0. The Morgan fingerprint density at radius 1 is 1.06 bits per heavy atom. The van der Waals surface area contributed by atoms with Crippen LogP contribution in [-0.4, -0.2) is 57.4 Å². The van der Waals surface area contributed by atoms with Crippen molar-refractivity contribution in [3.63, 3.8) is 0 Å². The fourth-order valence-electron chi connectivity index (χ4n) is 4.32. The van der Waals surface area contributed by atoms with E-state index in [1.807, 2.05) is 0 Å². The van der Waals surface area contributed by atoms with Crippen LogP contribution in [0.25, 0.3) is 0 Å². The van der Waals surface area contributed by atoms with Crippen LogP contribution < -0.4 is 5.32 Å². The number of carbonyl (C=O) groups is 2. The largest absolute Gasteiger partial charge is 0.491 e. The second-order valence-electron chi connectivity index (χ2n) is 7.98. The summed E-state index contributed by atoms with van der Waals surface area (Å²) in [5.74, 6) is -5.04. The van der Waals surface area contributed by atoms with Gasteiger partial charge in [-0.1, -0.05) is 0 Å². The van der Waals surface area contributed by atoms with Crippen molar-refractivity contribution < 1.29 is 40.7 Å². The first-order valence-electron chi connectivity index (χ1n) is 9.75. The average molecular weight is 455 g/mol. The summed E-state index contributed by atoms with van der Waals surface area (Å²) in [6.45, 7) is 0.170. The molecule has 4 rings (SSSR count). The molecule has 2 aliphatic heterocycles. The maximum absolute atomic E-state index is 13.3. The Bertz CT molecular complexity index is 865. The molecule has 2 fully saturated rings. The van der Waals surface area contributed by atoms with Crippen LogP contribution in [0.1, 0.15) is 37.1 Å². The lowest BCUT2D eigenvalue weighted by molar-refractivity contribution is -0.213. The highest BCUT2D eigenvalue weighted by atomic mass is 19.4. The molecule has 1 aromatic heterocycles. The van der Waals surface area contributed by atoms with Crippen LogP contribution in [0.4, 0.5) is 26.3 Å². The number of esters is 1. The van der Waals surface area contributed by atoms with Crippen LogP contribution in [-0.2, 0) is 27.0 Å². The summed E-state index contributed by atoms with van der Waals surface area (Å²) >= 11 is 0. The number of hydrogen-bond donors (Lipinski definition) is 1. The number of hydrogen-bond acceptors (Lipinski definition) is 6. The Labute approximate surface area is 171 Å². The first kappa shape index (κ1) is 21.8. The Morgan fingerprint density at radius 3 is 2.39 bits per heavy atom. The van der Waals surface area contributed by atoms with Crippen molar-refractivity contribution in [1.82, 2.24) is 25.0 Å². The Balaban J connectivity index is 1.62. The molecule has 14 heteroatoms. The van der Waals surface area contributed by atoms with Crippen LogP contribution in [0, 0.1) is 17.8 Å². The van der Waals surface area contributed by atoms with E-state index in [9.17, 15) is 35.9 Å².